The lowest BCUT2D eigenvalue weighted by Crippen LogP contribution is -2.42. The average molecular weight is 228 g/mol. The lowest BCUT2D eigenvalue weighted by atomic mass is 9.92. The molecule has 1 aliphatic rings. The molecule has 1 rings (SSSR count). The van der Waals surface area contributed by atoms with Crippen LogP contribution in [0.1, 0.15) is 34.1 Å². The van der Waals surface area contributed by atoms with Gasteiger partial charge in [-0.3, -0.25) is 0 Å². The maximum absolute atomic E-state index is 11.4. The van der Waals surface area contributed by atoms with Gasteiger partial charge >= 0.3 is 6.09 Å². The number of hydrogen-bond donors (Lipinski definition) is 2. The molecular formula is C12H24N2O2. The minimum atomic E-state index is -0.414. The van der Waals surface area contributed by atoms with Crippen LogP contribution in [0.5, 0.6) is 0 Å². The molecule has 1 saturated heterocycles. The van der Waals surface area contributed by atoms with E-state index in [0.29, 0.717) is 18.4 Å². The van der Waals surface area contributed by atoms with Crippen LogP contribution >= 0.6 is 0 Å². The summed E-state index contributed by atoms with van der Waals surface area (Å²) in [7, 11) is 0. The molecule has 0 unspecified atom stereocenters. The van der Waals surface area contributed by atoms with Crippen molar-refractivity contribution in [3.05, 3.63) is 0 Å². The highest BCUT2D eigenvalue weighted by molar-refractivity contribution is 5.67. The van der Waals surface area contributed by atoms with Gasteiger partial charge in [0.05, 0.1) is 0 Å². The van der Waals surface area contributed by atoms with E-state index in [4.69, 9.17) is 4.74 Å². The molecule has 1 fully saturated rings. The predicted octanol–water partition coefficient (Wildman–Crippen LogP) is 1.76. The molecule has 16 heavy (non-hydrogen) atoms. The molecule has 0 spiro atoms. The molecule has 0 aliphatic carbocycles. The van der Waals surface area contributed by atoms with Gasteiger partial charge in [-0.15, -0.1) is 0 Å². The Labute approximate surface area is 98.1 Å². The number of carbonyl (C=O) groups is 1. The minimum Gasteiger partial charge on any atom is -0.444 e. The van der Waals surface area contributed by atoms with Crippen molar-refractivity contribution in [2.45, 2.75) is 39.7 Å². The number of ether oxygens (including phenoxy) is 1. The third kappa shape index (κ3) is 5.35. The van der Waals surface area contributed by atoms with E-state index in [1.54, 1.807) is 0 Å². The summed E-state index contributed by atoms with van der Waals surface area (Å²) in [6.07, 6.45) is 0.855. The third-order valence-electron chi connectivity index (χ3n) is 2.60. The molecule has 0 aromatic heterocycles. The molecule has 2 atom stereocenters. The molecule has 0 bridgehead atoms. The number of carbonyl (C=O) groups excluding carboxylic acids is 1. The Morgan fingerprint density at radius 1 is 1.44 bits per heavy atom. The van der Waals surface area contributed by atoms with Crippen molar-refractivity contribution in [1.29, 1.82) is 0 Å². The van der Waals surface area contributed by atoms with E-state index in [0.717, 1.165) is 13.1 Å². The van der Waals surface area contributed by atoms with E-state index in [9.17, 15) is 4.79 Å². The molecule has 1 heterocycles. The smallest absolute Gasteiger partial charge is 0.407 e. The Morgan fingerprint density at radius 3 is 2.69 bits per heavy atom. The Balaban J connectivity index is 2.21. The molecule has 4 nitrogen and oxygen atoms in total. The summed E-state index contributed by atoms with van der Waals surface area (Å²) in [5.41, 5.74) is -0.414. The number of hydrogen-bond acceptors (Lipinski definition) is 3. The topological polar surface area (TPSA) is 50.4 Å². The van der Waals surface area contributed by atoms with Crippen LogP contribution in [0.15, 0.2) is 0 Å². The second kappa shape index (κ2) is 5.53. The molecule has 0 radical (unpaired) electrons. The monoisotopic (exact) mass is 228 g/mol. The number of nitrogens with one attached hydrogen (secondary N) is 2. The fraction of sp³-hybridized carbons (Fsp3) is 0.917. The van der Waals surface area contributed by atoms with Gasteiger partial charge in [0.15, 0.2) is 0 Å². The van der Waals surface area contributed by atoms with Crippen LogP contribution in [-0.4, -0.2) is 31.3 Å². The van der Waals surface area contributed by atoms with Crippen LogP contribution in [0.25, 0.3) is 0 Å². The lowest BCUT2D eigenvalue weighted by Gasteiger charge is -2.28. The summed E-state index contributed by atoms with van der Waals surface area (Å²) >= 11 is 0. The first-order chi connectivity index (χ1) is 7.37. The maximum Gasteiger partial charge on any atom is 0.407 e. The second-order valence-corrected chi connectivity index (χ2v) is 5.75. The molecule has 0 aromatic rings. The highest BCUT2D eigenvalue weighted by Crippen LogP contribution is 2.15. The summed E-state index contributed by atoms with van der Waals surface area (Å²) in [5.74, 6) is 1.22. The molecule has 1 amide bonds. The molecule has 2 N–H and O–H groups in total. The maximum atomic E-state index is 11.4. The molecule has 4 heteroatoms. The van der Waals surface area contributed by atoms with E-state index in [1.165, 1.54) is 6.42 Å². The highest BCUT2D eigenvalue weighted by Gasteiger charge is 2.20. The van der Waals surface area contributed by atoms with Crippen LogP contribution < -0.4 is 10.6 Å². The van der Waals surface area contributed by atoms with Crippen LogP contribution in [0.2, 0.25) is 0 Å². The quantitative estimate of drug-likeness (QED) is 0.757. The number of alkyl carbamates (subject to hydrolysis) is 1. The first-order valence-electron chi connectivity index (χ1n) is 6.04. The van der Waals surface area contributed by atoms with Gasteiger partial charge in [0.2, 0.25) is 0 Å². The highest BCUT2D eigenvalue weighted by atomic mass is 16.6. The van der Waals surface area contributed by atoms with Crippen molar-refractivity contribution in [3.8, 4) is 0 Å². The molecular weight excluding hydrogens is 204 g/mol. The van der Waals surface area contributed by atoms with Gasteiger partial charge in [-0.05, 0) is 52.1 Å². The van der Waals surface area contributed by atoms with E-state index in [1.807, 2.05) is 20.8 Å². The fourth-order valence-electron chi connectivity index (χ4n) is 1.97. The zero-order chi connectivity index (χ0) is 12.2. The summed E-state index contributed by atoms with van der Waals surface area (Å²) in [5, 5.41) is 6.19. The Morgan fingerprint density at radius 2 is 2.12 bits per heavy atom. The van der Waals surface area contributed by atoms with Gasteiger partial charge in [-0.2, -0.15) is 0 Å². The van der Waals surface area contributed by atoms with Crippen molar-refractivity contribution in [1.82, 2.24) is 10.6 Å². The van der Waals surface area contributed by atoms with Crippen LogP contribution in [-0.2, 0) is 4.74 Å². The van der Waals surface area contributed by atoms with E-state index < -0.39 is 5.60 Å². The molecule has 0 aromatic carbocycles. The average Bonchev–Trinajstić information content (AvgIpc) is 2.12. The Hall–Kier alpha value is -0.770. The van der Waals surface area contributed by atoms with Crippen molar-refractivity contribution in [2.75, 3.05) is 19.6 Å². The van der Waals surface area contributed by atoms with Gasteiger partial charge in [0.25, 0.3) is 0 Å². The van der Waals surface area contributed by atoms with Gasteiger partial charge in [-0.1, -0.05) is 6.92 Å². The van der Waals surface area contributed by atoms with Gasteiger partial charge in [0.1, 0.15) is 5.60 Å². The number of rotatable bonds is 2. The molecule has 1 aliphatic heterocycles. The van der Waals surface area contributed by atoms with E-state index in [-0.39, 0.29) is 6.09 Å². The lowest BCUT2D eigenvalue weighted by molar-refractivity contribution is 0.0514. The Bertz CT molecular complexity index is 236. The van der Waals surface area contributed by atoms with Gasteiger partial charge in [-0.25, -0.2) is 4.79 Å². The summed E-state index contributed by atoms with van der Waals surface area (Å²) in [6, 6.07) is 0. The van der Waals surface area contributed by atoms with Crippen molar-refractivity contribution in [3.63, 3.8) is 0 Å². The standard InChI is InChI=1S/C12H24N2O2/c1-9-5-10(7-13-6-9)8-14-11(15)16-12(2,3)4/h9-10,13H,5-8H2,1-4H3,(H,14,15)/t9-,10-/m0/s1. The van der Waals surface area contributed by atoms with Crippen molar-refractivity contribution in [2.24, 2.45) is 11.8 Å². The van der Waals surface area contributed by atoms with Gasteiger partial charge in [0, 0.05) is 6.54 Å². The van der Waals surface area contributed by atoms with Gasteiger partial charge < -0.3 is 15.4 Å². The first kappa shape index (κ1) is 13.3. The van der Waals surface area contributed by atoms with E-state index >= 15 is 0 Å². The molecule has 94 valence electrons. The first-order valence-corrected chi connectivity index (χ1v) is 6.04. The van der Waals surface area contributed by atoms with Crippen LogP contribution in [0.4, 0.5) is 4.79 Å². The second-order valence-electron chi connectivity index (χ2n) is 5.75. The Kier molecular flexibility index (Phi) is 4.59. The zero-order valence-corrected chi connectivity index (χ0v) is 10.8. The third-order valence-corrected chi connectivity index (χ3v) is 2.60. The van der Waals surface area contributed by atoms with Crippen LogP contribution in [0.3, 0.4) is 0 Å². The van der Waals surface area contributed by atoms with Crippen LogP contribution in [0, 0.1) is 11.8 Å². The summed E-state index contributed by atoms with van der Waals surface area (Å²) in [6.45, 7) is 10.6. The number of piperidine rings is 1. The summed E-state index contributed by atoms with van der Waals surface area (Å²) < 4.78 is 5.19. The zero-order valence-electron chi connectivity index (χ0n) is 10.8. The normalized spacial score (nSPS) is 26.2. The van der Waals surface area contributed by atoms with Crippen molar-refractivity contribution >= 4 is 6.09 Å². The summed E-state index contributed by atoms with van der Waals surface area (Å²) in [4.78, 5) is 11.4. The minimum absolute atomic E-state index is 0.314. The SMILES string of the molecule is C[C@@H]1CNC[C@@H](CNC(=O)OC(C)(C)C)C1. The predicted molar refractivity (Wildman–Crippen MR) is 64.4 cm³/mol. The number of amides is 1. The fourth-order valence-corrected chi connectivity index (χ4v) is 1.97. The largest absolute Gasteiger partial charge is 0.444 e. The molecule has 0 saturated carbocycles. The van der Waals surface area contributed by atoms with E-state index in [2.05, 4.69) is 17.6 Å². The van der Waals surface area contributed by atoms with Crippen molar-refractivity contribution < 1.29 is 9.53 Å².